The monoisotopic (exact) mass is 488 g/mol. The van der Waals surface area contributed by atoms with Crippen molar-refractivity contribution in [3.63, 3.8) is 0 Å². The first-order chi connectivity index (χ1) is 16.8. The molecule has 1 atom stereocenters. The molecule has 0 fully saturated rings. The molecule has 0 aliphatic carbocycles. The van der Waals surface area contributed by atoms with E-state index in [-0.39, 0.29) is 50.7 Å². The van der Waals surface area contributed by atoms with Crippen molar-refractivity contribution in [1.82, 2.24) is 16.0 Å². The Morgan fingerprint density at radius 2 is 1.94 bits per heavy atom. The molecule has 1 aromatic rings. The van der Waals surface area contributed by atoms with E-state index in [0.29, 0.717) is 30.4 Å². The summed E-state index contributed by atoms with van der Waals surface area (Å²) < 4.78 is 16.3. The van der Waals surface area contributed by atoms with Crippen LogP contribution in [0.1, 0.15) is 38.1 Å². The van der Waals surface area contributed by atoms with Crippen LogP contribution in [-0.4, -0.2) is 70.1 Å². The summed E-state index contributed by atoms with van der Waals surface area (Å²) in [7, 11) is 0. The van der Waals surface area contributed by atoms with Crippen molar-refractivity contribution in [1.29, 1.82) is 0 Å². The Morgan fingerprint density at radius 1 is 1.14 bits per heavy atom. The fraction of sp³-hybridized carbons (Fsp3) is 0.583. The van der Waals surface area contributed by atoms with Crippen LogP contribution in [0, 0.1) is 17.8 Å². The standard InChI is InChI=1S/C24H36N6O5/c1-18(2)7-6-10-27-22(31)16-33-13-14-34-23(29-30-25)17-35-21-9-5-8-20(15-21)24(32)28-12-11-26-19(3)4/h5,8-9,15,18-19,23,26H,10-14,16-17H2,1-4H3,(H,27,31)(H,28,32). The van der Waals surface area contributed by atoms with Gasteiger partial charge in [-0.05, 0) is 23.7 Å². The van der Waals surface area contributed by atoms with Crippen LogP contribution in [0.2, 0.25) is 0 Å². The van der Waals surface area contributed by atoms with Gasteiger partial charge in [0, 0.05) is 35.5 Å². The van der Waals surface area contributed by atoms with Crippen LogP contribution in [0.5, 0.6) is 5.75 Å². The van der Waals surface area contributed by atoms with Gasteiger partial charge in [-0.15, -0.1) is 0 Å². The summed E-state index contributed by atoms with van der Waals surface area (Å²) in [6.45, 7) is 9.50. The SMILES string of the molecule is CC(C)C#CCNC(=O)COCCOC(COc1cccc(C(=O)NCCNC(C)C)c1)N=[N+]=[N-]. The van der Waals surface area contributed by atoms with E-state index in [4.69, 9.17) is 19.7 Å². The van der Waals surface area contributed by atoms with Crippen LogP contribution in [0.25, 0.3) is 10.4 Å². The first kappa shape index (κ1) is 29.7. The number of benzene rings is 1. The highest BCUT2D eigenvalue weighted by Gasteiger charge is 2.11. The molecule has 1 aromatic carbocycles. The summed E-state index contributed by atoms with van der Waals surface area (Å²) in [6, 6.07) is 7.03. The maximum atomic E-state index is 12.3. The number of hydrogen-bond acceptors (Lipinski definition) is 7. The second kappa shape index (κ2) is 18.1. The lowest BCUT2D eigenvalue weighted by Gasteiger charge is -2.15. The molecular formula is C24H36N6O5. The number of carbonyl (C=O) groups excluding carboxylic acids is 2. The largest absolute Gasteiger partial charge is 0.491 e. The van der Waals surface area contributed by atoms with E-state index in [1.54, 1.807) is 24.3 Å². The van der Waals surface area contributed by atoms with Gasteiger partial charge >= 0.3 is 0 Å². The fourth-order valence-electron chi connectivity index (χ4n) is 2.56. The third-order valence-electron chi connectivity index (χ3n) is 4.17. The van der Waals surface area contributed by atoms with E-state index in [2.05, 4.69) is 37.8 Å². The molecule has 0 aliphatic rings. The van der Waals surface area contributed by atoms with E-state index in [9.17, 15) is 9.59 Å². The summed E-state index contributed by atoms with van der Waals surface area (Å²) in [5, 5.41) is 12.2. The van der Waals surface area contributed by atoms with Gasteiger partial charge in [0.2, 0.25) is 5.91 Å². The van der Waals surface area contributed by atoms with E-state index in [0.717, 1.165) is 0 Å². The van der Waals surface area contributed by atoms with Crippen LogP contribution in [0.4, 0.5) is 0 Å². The van der Waals surface area contributed by atoms with Crippen molar-refractivity contribution in [2.45, 2.75) is 40.0 Å². The van der Waals surface area contributed by atoms with E-state index >= 15 is 0 Å². The number of ether oxygens (including phenoxy) is 3. The Hall–Kier alpha value is -3.29. The molecule has 35 heavy (non-hydrogen) atoms. The summed E-state index contributed by atoms with van der Waals surface area (Å²) in [4.78, 5) is 26.7. The van der Waals surface area contributed by atoms with E-state index in [1.165, 1.54) is 0 Å². The highest BCUT2D eigenvalue weighted by Crippen LogP contribution is 2.14. The van der Waals surface area contributed by atoms with Crippen molar-refractivity contribution in [2.75, 3.05) is 46.1 Å². The molecule has 2 amide bonds. The average molecular weight is 489 g/mol. The lowest BCUT2D eigenvalue weighted by Crippen LogP contribution is -2.34. The van der Waals surface area contributed by atoms with Gasteiger partial charge in [0.1, 0.15) is 19.0 Å². The third kappa shape index (κ3) is 15.3. The molecule has 192 valence electrons. The van der Waals surface area contributed by atoms with Crippen LogP contribution in [0.15, 0.2) is 29.4 Å². The molecule has 1 unspecified atom stereocenters. The molecule has 0 heterocycles. The highest BCUT2D eigenvalue weighted by molar-refractivity contribution is 5.94. The Morgan fingerprint density at radius 3 is 2.66 bits per heavy atom. The predicted octanol–water partition coefficient (Wildman–Crippen LogP) is 2.24. The predicted molar refractivity (Wildman–Crippen MR) is 133 cm³/mol. The van der Waals surface area contributed by atoms with Gasteiger partial charge < -0.3 is 30.2 Å². The third-order valence-corrected chi connectivity index (χ3v) is 4.17. The van der Waals surface area contributed by atoms with Crippen molar-refractivity contribution in [3.8, 4) is 17.6 Å². The van der Waals surface area contributed by atoms with Crippen LogP contribution >= 0.6 is 0 Å². The Kier molecular flexibility index (Phi) is 15.4. The maximum absolute atomic E-state index is 12.3. The summed E-state index contributed by atoms with van der Waals surface area (Å²) in [6.07, 6.45) is -0.900. The number of amides is 2. The first-order valence-corrected chi connectivity index (χ1v) is 11.5. The fourth-order valence-corrected chi connectivity index (χ4v) is 2.56. The maximum Gasteiger partial charge on any atom is 0.251 e. The molecule has 0 aromatic heterocycles. The van der Waals surface area contributed by atoms with Gasteiger partial charge in [0.25, 0.3) is 5.91 Å². The second-order valence-corrected chi connectivity index (χ2v) is 8.04. The van der Waals surface area contributed by atoms with Gasteiger partial charge in [-0.2, -0.15) is 0 Å². The molecule has 11 nitrogen and oxygen atoms in total. The van der Waals surface area contributed by atoms with Crippen molar-refractivity contribution in [2.24, 2.45) is 11.0 Å². The Balaban J connectivity index is 2.36. The van der Waals surface area contributed by atoms with E-state index in [1.807, 2.05) is 27.7 Å². The molecule has 0 aliphatic heterocycles. The smallest absolute Gasteiger partial charge is 0.251 e. The van der Waals surface area contributed by atoms with Crippen LogP contribution in [0.3, 0.4) is 0 Å². The summed E-state index contributed by atoms with van der Waals surface area (Å²) >= 11 is 0. The molecule has 0 bridgehead atoms. The zero-order chi connectivity index (χ0) is 25.9. The van der Waals surface area contributed by atoms with Crippen LogP contribution < -0.4 is 20.7 Å². The Bertz CT molecular complexity index is 890. The van der Waals surface area contributed by atoms with Gasteiger partial charge in [0.05, 0.1) is 19.8 Å². The number of azide groups is 1. The summed E-state index contributed by atoms with van der Waals surface area (Å²) in [5.74, 6) is 6.00. The van der Waals surface area contributed by atoms with Gasteiger partial charge in [-0.25, -0.2) is 0 Å². The van der Waals surface area contributed by atoms with Gasteiger partial charge in [-0.3, -0.25) is 9.59 Å². The van der Waals surface area contributed by atoms with Crippen molar-refractivity contribution >= 4 is 11.8 Å². The molecular weight excluding hydrogens is 452 g/mol. The lowest BCUT2D eigenvalue weighted by molar-refractivity contribution is -0.126. The Labute approximate surface area is 206 Å². The second-order valence-electron chi connectivity index (χ2n) is 8.04. The topological polar surface area (TPSA) is 147 Å². The van der Waals surface area contributed by atoms with Crippen LogP contribution in [-0.2, 0) is 14.3 Å². The average Bonchev–Trinajstić information content (AvgIpc) is 2.82. The highest BCUT2D eigenvalue weighted by atomic mass is 16.6. The van der Waals surface area contributed by atoms with E-state index < -0.39 is 6.23 Å². The number of hydrogen-bond donors (Lipinski definition) is 3. The molecule has 0 spiro atoms. The zero-order valence-electron chi connectivity index (χ0n) is 20.9. The molecule has 0 saturated carbocycles. The number of nitrogens with one attached hydrogen (secondary N) is 3. The van der Waals surface area contributed by atoms with Crippen molar-refractivity contribution in [3.05, 3.63) is 40.3 Å². The first-order valence-electron chi connectivity index (χ1n) is 11.5. The molecule has 0 radical (unpaired) electrons. The minimum atomic E-state index is -0.900. The minimum absolute atomic E-state index is 0.0531. The molecule has 11 heteroatoms. The van der Waals surface area contributed by atoms with Gasteiger partial charge in [-0.1, -0.05) is 50.7 Å². The normalized spacial score (nSPS) is 11.3. The lowest BCUT2D eigenvalue weighted by atomic mass is 10.2. The quantitative estimate of drug-likeness (QED) is 0.107. The minimum Gasteiger partial charge on any atom is -0.491 e. The van der Waals surface area contributed by atoms with Gasteiger partial charge in [0.15, 0.2) is 6.23 Å². The zero-order valence-corrected chi connectivity index (χ0v) is 20.9. The number of rotatable bonds is 16. The number of nitrogens with zero attached hydrogens (tertiary/aromatic N) is 3. The number of carbonyl (C=O) groups is 2. The molecule has 0 saturated heterocycles. The van der Waals surface area contributed by atoms with Crippen molar-refractivity contribution < 1.29 is 23.8 Å². The summed E-state index contributed by atoms with van der Waals surface area (Å²) in [5.41, 5.74) is 9.22. The molecule has 1 rings (SSSR count). The molecule has 3 N–H and O–H groups in total.